The van der Waals surface area contributed by atoms with E-state index in [1.54, 1.807) is 18.3 Å². The molecule has 1 amide bonds. The van der Waals surface area contributed by atoms with Crippen LogP contribution in [-0.4, -0.2) is 23.3 Å². The van der Waals surface area contributed by atoms with Gasteiger partial charge in [-0.05, 0) is 81.8 Å². The molecule has 1 N–H and O–H groups in total. The van der Waals surface area contributed by atoms with Gasteiger partial charge < -0.3 is 13.7 Å². The van der Waals surface area contributed by atoms with E-state index in [-0.39, 0.29) is 5.76 Å². The Bertz CT molecular complexity index is 1330. The molecule has 0 bridgehead atoms. The summed E-state index contributed by atoms with van der Waals surface area (Å²) in [6, 6.07) is 15.4. The first-order chi connectivity index (χ1) is 15.4. The molecule has 6 nitrogen and oxygen atoms in total. The van der Waals surface area contributed by atoms with E-state index in [1.807, 2.05) is 45.0 Å². The first kappa shape index (κ1) is 21.9. The number of nitrogens with one attached hydrogen (secondary N) is 1. The summed E-state index contributed by atoms with van der Waals surface area (Å²) in [6.45, 7) is 8.64. The highest BCUT2D eigenvalue weighted by atomic mass is 79.9. The van der Waals surface area contributed by atoms with Gasteiger partial charge in [-0.25, -0.2) is 5.43 Å². The summed E-state index contributed by atoms with van der Waals surface area (Å²) in [7, 11) is 0. The Balaban J connectivity index is 1.51. The largest absolute Gasteiger partial charge is 0.494 e. The zero-order chi connectivity index (χ0) is 22.8. The molecule has 0 fully saturated rings. The lowest BCUT2D eigenvalue weighted by molar-refractivity contribution is 0.0929. The van der Waals surface area contributed by atoms with Gasteiger partial charge >= 0.3 is 5.91 Å². The summed E-state index contributed by atoms with van der Waals surface area (Å²) >= 11 is 3.55. The highest BCUT2D eigenvalue weighted by molar-refractivity contribution is 9.10. The van der Waals surface area contributed by atoms with Gasteiger partial charge in [0.2, 0.25) is 0 Å². The van der Waals surface area contributed by atoms with E-state index in [1.165, 1.54) is 0 Å². The molecule has 32 heavy (non-hydrogen) atoms. The number of aromatic nitrogens is 1. The average molecular weight is 494 g/mol. The van der Waals surface area contributed by atoms with Crippen molar-refractivity contribution in [3.05, 3.63) is 81.3 Å². The summed E-state index contributed by atoms with van der Waals surface area (Å²) in [5.74, 6) is 0.525. The first-order valence-electron chi connectivity index (χ1n) is 10.3. The lowest BCUT2D eigenvalue weighted by Crippen LogP contribution is -2.16. The molecule has 0 unspecified atom stereocenters. The summed E-state index contributed by atoms with van der Waals surface area (Å²) in [5, 5.41) is 4.95. The molecule has 0 radical (unpaired) electrons. The Morgan fingerprint density at radius 3 is 2.72 bits per heavy atom. The third-order valence-electron chi connectivity index (χ3n) is 5.26. The summed E-state index contributed by atoms with van der Waals surface area (Å²) in [5.41, 5.74) is 8.46. The van der Waals surface area contributed by atoms with Crippen molar-refractivity contribution in [1.82, 2.24) is 9.99 Å². The highest BCUT2D eigenvalue weighted by Gasteiger charge is 2.13. The molecule has 0 aliphatic carbocycles. The molecule has 4 rings (SSSR count). The Labute approximate surface area is 195 Å². The average Bonchev–Trinajstić information content (AvgIpc) is 3.31. The van der Waals surface area contributed by atoms with Crippen LogP contribution in [0.25, 0.3) is 16.7 Å². The van der Waals surface area contributed by atoms with Crippen LogP contribution in [0.3, 0.4) is 0 Å². The highest BCUT2D eigenvalue weighted by Crippen LogP contribution is 2.25. The SMILES string of the molecule is CCOc1ccc2oc(C(=O)N/N=C/c3cc(C)n(-c4ccc(Br)c(C)c4)c3C)cc2c1. The first-order valence-corrected chi connectivity index (χ1v) is 11.1. The third-order valence-corrected chi connectivity index (χ3v) is 6.15. The van der Waals surface area contributed by atoms with Crippen LogP contribution in [-0.2, 0) is 0 Å². The lowest BCUT2D eigenvalue weighted by Gasteiger charge is -2.11. The van der Waals surface area contributed by atoms with Crippen LogP contribution in [0.4, 0.5) is 0 Å². The topological polar surface area (TPSA) is 68.8 Å². The zero-order valence-electron chi connectivity index (χ0n) is 18.4. The van der Waals surface area contributed by atoms with Crippen LogP contribution < -0.4 is 10.2 Å². The number of carbonyl (C=O) groups is 1. The summed E-state index contributed by atoms with van der Waals surface area (Å²) < 4.78 is 14.4. The van der Waals surface area contributed by atoms with Crippen LogP contribution in [0.5, 0.6) is 5.75 Å². The molecule has 0 aliphatic heterocycles. The van der Waals surface area contributed by atoms with Crippen LogP contribution in [0.15, 0.2) is 62.5 Å². The van der Waals surface area contributed by atoms with Gasteiger partial charge in [-0.1, -0.05) is 15.9 Å². The molecule has 0 spiro atoms. The van der Waals surface area contributed by atoms with Crippen LogP contribution in [0, 0.1) is 20.8 Å². The van der Waals surface area contributed by atoms with Gasteiger partial charge in [0.25, 0.3) is 0 Å². The summed E-state index contributed by atoms with van der Waals surface area (Å²) in [4.78, 5) is 12.5. The monoisotopic (exact) mass is 493 g/mol. The predicted molar refractivity (Wildman–Crippen MR) is 130 cm³/mol. The van der Waals surface area contributed by atoms with E-state index in [0.717, 1.165) is 43.8 Å². The fourth-order valence-corrected chi connectivity index (χ4v) is 3.94. The minimum atomic E-state index is -0.409. The number of furan rings is 1. The third kappa shape index (κ3) is 4.34. The number of amides is 1. The Morgan fingerprint density at radius 2 is 1.97 bits per heavy atom. The minimum Gasteiger partial charge on any atom is -0.494 e. The second-order valence-corrected chi connectivity index (χ2v) is 8.39. The Kier molecular flexibility index (Phi) is 6.19. The molecule has 4 aromatic rings. The molecule has 2 heterocycles. The number of fused-ring (bicyclic) bond motifs is 1. The molecule has 7 heteroatoms. The number of aryl methyl sites for hydroxylation is 2. The molecule has 0 atom stereocenters. The van der Waals surface area contributed by atoms with Gasteiger partial charge in [0.15, 0.2) is 5.76 Å². The van der Waals surface area contributed by atoms with E-state index in [2.05, 4.69) is 50.1 Å². The molecule has 0 aliphatic rings. The van der Waals surface area contributed by atoms with Crippen molar-refractivity contribution < 1.29 is 13.9 Å². The smallest absolute Gasteiger partial charge is 0.307 e. The van der Waals surface area contributed by atoms with E-state index >= 15 is 0 Å². The van der Waals surface area contributed by atoms with Gasteiger partial charge in [-0.2, -0.15) is 5.10 Å². The van der Waals surface area contributed by atoms with Crippen LogP contribution in [0.2, 0.25) is 0 Å². The lowest BCUT2D eigenvalue weighted by atomic mass is 10.2. The van der Waals surface area contributed by atoms with Crippen molar-refractivity contribution >= 4 is 39.0 Å². The van der Waals surface area contributed by atoms with E-state index in [9.17, 15) is 4.79 Å². The summed E-state index contributed by atoms with van der Waals surface area (Å²) in [6.07, 6.45) is 1.65. The number of halogens is 1. The molecule has 2 aromatic heterocycles. The van der Waals surface area contributed by atoms with Crippen LogP contribution in [0.1, 0.15) is 40.0 Å². The zero-order valence-corrected chi connectivity index (χ0v) is 20.0. The number of hydrogen-bond acceptors (Lipinski definition) is 4. The van der Waals surface area contributed by atoms with Crippen molar-refractivity contribution in [3.8, 4) is 11.4 Å². The number of rotatable bonds is 6. The quantitative estimate of drug-likeness (QED) is 0.261. The van der Waals surface area contributed by atoms with Gasteiger partial charge in [0.1, 0.15) is 11.3 Å². The maximum atomic E-state index is 12.5. The van der Waals surface area contributed by atoms with Crippen molar-refractivity contribution in [3.63, 3.8) is 0 Å². The number of benzene rings is 2. The molecule has 2 aromatic carbocycles. The van der Waals surface area contributed by atoms with E-state index in [4.69, 9.17) is 9.15 Å². The number of nitrogens with zero attached hydrogens (tertiary/aromatic N) is 2. The van der Waals surface area contributed by atoms with Crippen molar-refractivity contribution in [2.45, 2.75) is 27.7 Å². The second-order valence-electron chi connectivity index (χ2n) is 7.54. The number of carbonyl (C=O) groups excluding carboxylic acids is 1. The van der Waals surface area contributed by atoms with Gasteiger partial charge in [-0.3, -0.25) is 4.79 Å². The standard InChI is InChI=1S/C25H24BrN3O3/c1-5-31-21-7-9-23-18(12-21)13-24(32-23)25(30)28-27-14-19-11-16(3)29(17(19)4)20-6-8-22(26)15(2)10-20/h6-14H,5H2,1-4H3,(H,28,30)/b27-14+. The Morgan fingerprint density at radius 1 is 1.16 bits per heavy atom. The molecular formula is C25H24BrN3O3. The van der Waals surface area contributed by atoms with Gasteiger partial charge in [0.05, 0.1) is 12.8 Å². The van der Waals surface area contributed by atoms with Crippen LogP contribution >= 0.6 is 15.9 Å². The minimum absolute atomic E-state index is 0.196. The van der Waals surface area contributed by atoms with Crippen molar-refractivity contribution in [1.29, 1.82) is 0 Å². The maximum Gasteiger partial charge on any atom is 0.307 e. The molecule has 0 saturated carbocycles. The fraction of sp³-hybridized carbons (Fsp3) is 0.200. The van der Waals surface area contributed by atoms with Gasteiger partial charge in [0, 0.05) is 32.5 Å². The molecule has 0 saturated heterocycles. The number of hydrogen-bond donors (Lipinski definition) is 1. The van der Waals surface area contributed by atoms with Gasteiger partial charge in [-0.15, -0.1) is 0 Å². The molecular weight excluding hydrogens is 470 g/mol. The van der Waals surface area contributed by atoms with E-state index in [0.29, 0.717) is 12.2 Å². The molecule has 164 valence electrons. The van der Waals surface area contributed by atoms with Crippen molar-refractivity contribution in [2.24, 2.45) is 5.10 Å². The second kappa shape index (κ2) is 9.04. The number of ether oxygens (including phenoxy) is 1. The van der Waals surface area contributed by atoms with E-state index < -0.39 is 5.91 Å². The fourth-order valence-electron chi connectivity index (χ4n) is 3.69. The van der Waals surface area contributed by atoms with Crippen molar-refractivity contribution in [2.75, 3.05) is 6.61 Å². The number of hydrazone groups is 1. The normalized spacial score (nSPS) is 11.4. The predicted octanol–water partition coefficient (Wildman–Crippen LogP) is 6.07. The maximum absolute atomic E-state index is 12.5. The Hall–Kier alpha value is -3.32.